The molecular formula is C23H22F4N2O2. The Bertz CT molecular complexity index is 986. The number of amides is 1. The molecule has 2 aromatic carbocycles. The van der Waals surface area contributed by atoms with E-state index in [1.165, 1.54) is 29.8 Å². The molecule has 1 N–H and O–H groups in total. The molecule has 0 aliphatic carbocycles. The first-order chi connectivity index (χ1) is 14.8. The highest BCUT2D eigenvalue weighted by Crippen LogP contribution is 2.40. The zero-order valence-electron chi connectivity index (χ0n) is 16.7. The van der Waals surface area contributed by atoms with Crippen molar-refractivity contribution in [3.63, 3.8) is 0 Å². The molecule has 4 nitrogen and oxygen atoms in total. The molecule has 31 heavy (non-hydrogen) atoms. The summed E-state index contributed by atoms with van der Waals surface area (Å²) in [5.41, 5.74) is 1.16. The van der Waals surface area contributed by atoms with Crippen molar-refractivity contribution in [1.82, 2.24) is 10.2 Å². The maximum absolute atomic E-state index is 13.3. The van der Waals surface area contributed by atoms with Gasteiger partial charge in [-0.25, -0.2) is 4.39 Å². The van der Waals surface area contributed by atoms with Crippen molar-refractivity contribution >= 4 is 11.5 Å². The second-order valence-corrected chi connectivity index (χ2v) is 7.69. The predicted octanol–water partition coefficient (Wildman–Crippen LogP) is 4.86. The van der Waals surface area contributed by atoms with Gasteiger partial charge in [0.2, 0.25) is 0 Å². The van der Waals surface area contributed by atoms with Crippen molar-refractivity contribution in [3.05, 3.63) is 71.0 Å². The molecule has 164 valence electrons. The molecule has 1 unspecified atom stereocenters. The molecule has 0 saturated carbocycles. The number of benzene rings is 2. The van der Waals surface area contributed by atoms with Crippen LogP contribution in [0.15, 0.2) is 48.5 Å². The number of fused-ring (bicyclic) bond motifs is 1. The third kappa shape index (κ3) is 4.90. The largest absolute Gasteiger partial charge is 0.469 e. The Hall–Kier alpha value is -2.87. The van der Waals surface area contributed by atoms with E-state index in [2.05, 4.69) is 16.3 Å². The molecule has 0 saturated heterocycles. The highest BCUT2D eigenvalue weighted by molar-refractivity contribution is 5.98. The van der Waals surface area contributed by atoms with Crippen LogP contribution in [0.4, 0.5) is 17.6 Å². The maximum atomic E-state index is 13.3. The molecule has 0 spiro atoms. The first kappa shape index (κ1) is 21.4. The number of hydrogen-bond acceptors (Lipinski definition) is 3. The fraction of sp³-hybridized carbons (Fsp3) is 0.348. The van der Waals surface area contributed by atoms with E-state index in [0.29, 0.717) is 12.8 Å². The van der Waals surface area contributed by atoms with Crippen LogP contribution in [0.1, 0.15) is 40.7 Å². The van der Waals surface area contributed by atoms with Gasteiger partial charge in [-0.3, -0.25) is 9.69 Å². The molecule has 2 aromatic rings. The average molecular weight is 434 g/mol. The van der Waals surface area contributed by atoms with Crippen molar-refractivity contribution in [2.75, 3.05) is 19.6 Å². The van der Waals surface area contributed by atoms with Gasteiger partial charge in [0.25, 0.3) is 5.91 Å². The first-order valence-corrected chi connectivity index (χ1v) is 10.2. The number of carbonyl (C=O) groups is 1. The van der Waals surface area contributed by atoms with Gasteiger partial charge in [0.1, 0.15) is 11.6 Å². The topological polar surface area (TPSA) is 41.6 Å². The van der Waals surface area contributed by atoms with E-state index < -0.39 is 29.6 Å². The Kier molecular flexibility index (Phi) is 6.00. The number of rotatable bonds is 5. The van der Waals surface area contributed by atoms with E-state index in [9.17, 15) is 22.4 Å². The van der Waals surface area contributed by atoms with Crippen LogP contribution in [-0.4, -0.2) is 36.7 Å². The lowest BCUT2D eigenvalue weighted by Crippen LogP contribution is -2.44. The highest BCUT2D eigenvalue weighted by Gasteiger charge is 2.39. The number of carbonyl (C=O) groups excluding carboxylic acids is 1. The van der Waals surface area contributed by atoms with Gasteiger partial charge in [-0.15, -0.1) is 0 Å². The van der Waals surface area contributed by atoms with Crippen molar-refractivity contribution in [2.24, 2.45) is 0 Å². The average Bonchev–Trinajstić information content (AvgIpc) is 2.74. The van der Waals surface area contributed by atoms with Crippen molar-refractivity contribution < 1.29 is 27.1 Å². The van der Waals surface area contributed by atoms with Crippen LogP contribution in [0, 0.1) is 5.82 Å². The van der Waals surface area contributed by atoms with Gasteiger partial charge in [-0.1, -0.05) is 24.3 Å². The van der Waals surface area contributed by atoms with Crippen LogP contribution < -0.4 is 10.1 Å². The summed E-state index contributed by atoms with van der Waals surface area (Å²) < 4.78 is 58.4. The van der Waals surface area contributed by atoms with E-state index in [0.717, 1.165) is 37.7 Å². The monoisotopic (exact) mass is 434 g/mol. The summed E-state index contributed by atoms with van der Waals surface area (Å²) in [6.45, 7) is 2.31. The lowest BCUT2D eigenvalue weighted by Gasteiger charge is -2.30. The Morgan fingerprint density at radius 3 is 2.58 bits per heavy atom. The molecule has 0 fully saturated rings. The smallest absolute Gasteiger partial charge is 0.419 e. The molecule has 2 aliphatic heterocycles. The maximum Gasteiger partial charge on any atom is 0.419 e. The van der Waals surface area contributed by atoms with E-state index in [4.69, 9.17) is 4.74 Å². The van der Waals surface area contributed by atoms with Gasteiger partial charge >= 0.3 is 6.18 Å². The molecular weight excluding hydrogens is 412 g/mol. The molecule has 0 aromatic heterocycles. The Balaban J connectivity index is 1.31. The van der Waals surface area contributed by atoms with Crippen LogP contribution in [0.2, 0.25) is 0 Å². The summed E-state index contributed by atoms with van der Waals surface area (Å²) >= 11 is 0. The van der Waals surface area contributed by atoms with Crippen molar-refractivity contribution in [2.45, 2.75) is 31.7 Å². The van der Waals surface area contributed by atoms with E-state index >= 15 is 0 Å². The molecule has 1 atom stereocenters. The number of para-hydroxylation sites is 1. The second kappa shape index (κ2) is 8.70. The van der Waals surface area contributed by atoms with E-state index in [1.807, 2.05) is 0 Å². The van der Waals surface area contributed by atoms with Crippen LogP contribution >= 0.6 is 0 Å². The minimum Gasteiger partial charge on any atom is -0.469 e. The standard InChI is InChI=1S/C23H22F4N2O2/c24-17-8-6-15(7-9-17)16-10-13-29(14-11-16)12-2-5-20-28-22(30)18-3-1-4-19(21(18)31-20)23(25,26)27/h1,3-4,6-10,20H,2,5,11-14H2,(H,28,30). The first-order valence-electron chi connectivity index (χ1n) is 10.2. The Morgan fingerprint density at radius 1 is 1.13 bits per heavy atom. The van der Waals surface area contributed by atoms with Crippen molar-refractivity contribution in [1.29, 1.82) is 0 Å². The Labute approximate surface area is 177 Å². The van der Waals surface area contributed by atoms with Gasteiger partial charge in [0, 0.05) is 19.5 Å². The minimum atomic E-state index is -4.59. The summed E-state index contributed by atoms with van der Waals surface area (Å²) in [7, 11) is 0. The highest BCUT2D eigenvalue weighted by atomic mass is 19.4. The fourth-order valence-electron chi connectivity index (χ4n) is 3.93. The van der Waals surface area contributed by atoms with Gasteiger partial charge in [0.05, 0.1) is 11.1 Å². The summed E-state index contributed by atoms with van der Waals surface area (Å²) in [5, 5.41) is 2.63. The normalized spacial score (nSPS) is 19.3. The number of halogens is 4. The summed E-state index contributed by atoms with van der Waals surface area (Å²) in [4.78, 5) is 14.5. The molecule has 1 amide bonds. The van der Waals surface area contributed by atoms with Crippen LogP contribution in [-0.2, 0) is 6.18 Å². The van der Waals surface area contributed by atoms with E-state index in [-0.39, 0.29) is 11.4 Å². The summed E-state index contributed by atoms with van der Waals surface area (Å²) in [6, 6.07) is 9.89. The number of alkyl halides is 3. The van der Waals surface area contributed by atoms with Gasteiger partial charge < -0.3 is 10.1 Å². The number of ether oxygens (including phenoxy) is 1. The van der Waals surface area contributed by atoms with Gasteiger partial charge in [-0.2, -0.15) is 13.2 Å². The quantitative estimate of drug-likeness (QED) is 0.684. The molecule has 2 heterocycles. The van der Waals surface area contributed by atoms with Crippen molar-refractivity contribution in [3.8, 4) is 5.75 Å². The molecule has 4 rings (SSSR count). The third-order valence-corrected chi connectivity index (χ3v) is 5.57. The fourth-order valence-corrected chi connectivity index (χ4v) is 3.93. The molecule has 0 bridgehead atoms. The molecule has 0 radical (unpaired) electrons. The van der Waals surface area contributed by atoms with Crippen LogP contribution in [0.25, 0.3) is 5.57 Å². The second-order valence-electron chi connectivity index (χ2n) is 7.69. The Morgan fingerprint density at radius 2 is 1.90 bits per heavy atom. The van der Waals surface area contributed by atoms with Gasteiger partial charge in [0.15, 0.2) is 6.23 Å². The zero-order chi connectivity index (χ0) is 22.0. The third-order valence-electron chi connectivity index (χ3n) is 5.57. The predicted molar refractivity (Wildman–Crippen MR) is 108 cm³/mol. The van der Waals surface area contributed by atoms with Gasteiger partial charge in [-0.05, 0) is 54.8 Å². The van der Waals surface area contributed by atoms with Crippen LogP contribution in [0.5, 0.6) is 5.75 Å². The SMILES string of the molecule is O=C1NC(CCCN2CC=C(c3ccc(F)cc3)CC2)Oc2c1cccc2C(F)(F)F. The van der Waals surface area contributed by atoms with E-state index in [1.54, 1.807) is 12.1 Å². The zero-order valence-corrected chi connectivity index (χ0v) is 16.7. The number of nitrogens with one attached hydrogen (secondary N) is 1. The number of nitrogens with zero attached hydrogens (tertiary/aromatic N) is 1. The summed E-state index contributed by atoms with van der Waals surface area (Å²) in [5.74, 6) is -1.21. The minimum absolute atomic E-state index is 0.0967. The van der Waals surface area contributed by atoms with Crippen LogP contribution in [0.3, 0.4) is 0 Å². The number of hydrogen-bond donors (Lipinski definition) is 1. The molecule has 8 heteroatoms. The lowest BCUT2D eigenvalue weighted by molar-refractivity contribution is -0.139. The molecule has 2 aliphatic rings. The lowest BCUT2D eigenvalue weighted by atomic mass is 9.99. The summed E-state index contributed by atoms with van der Waals surface area (Å²) in [6.07, 6.45) is -1.36.